The van der Waals surface area contributed by atoms with Gasteiger partial charge in [-0.2, -0.15) is 0 Å². The Morgan fingerprint density at radius 1 is 1.38 bits per heavy atom. The first-order chi connectivity index (χ1) is 10.0. The van der Waals surface area contributed by atoms with Gasteiger partial charge < -0.3 is 4.90 Å². The molecule has 0 saturated heterocycles. The van der Waals surface area contributed by atoms with E-state index in [9.17, 15) is 13.2 Å². The first-order valence-corrected chi connectivity index (χ1v) is 8.95. The molecule has 21 heavy (non-hydrogen) atoms. The average Bonchev–Trinajstić information content (AvgIpc) is 3.23. The Kier molecular flexibility index (Phi) is 3.75. The van der Waals surface area contributed by atoms with E-state index in [1.165, 1.54) is 0 Å². The highest BCUT2D eigenvalue weighted by Crippen LogP contribution is 2.37. The molecule has 0 bridgehead atoms. The number of carbonyl (C=O) groups is 1. The summed E-state index contributed by atoms with van der Waals surface area (Å²) >= 11 is 0. The number of nitrogens with one attached hydrogen (secondary N) is 1. The zero-order valence-electron chi connectivity index (χ0n) is 12.1. The molecular formula is C15H20N2O3S. The lowest BCUT2D eigenvalue weighted by atomic mass is 10.2. The van der Waals surface area contributed by atoms with E-state index in [1.54, 1.807) is 18.2 Å². The van der Waals surface area contributed by atoms with E-state index in [0.717, 1.165) is 36.9 Å². The van der Waals surface area contributed by atoms with E-state index >= 15 is 0 Å². The molecule has 2 aliphatic rings. The molecule has 1 N–H and O–H groups in total. The van der Waals surface area contributed by atoms with Crippen molar-refractivity contribution in [1.29, 1.82) is 0 Å². The van der Waals surface area contributed by atoms with Gasteiger partial charge in [0, 0.05) is 24.7 Å². The summed E-state index contributed by atoms with van der Waals surface area (Å²) in [6, 6.07) is 5.06. The predicted molar refractivity (Wildman–Crippen MR) is 80.7 cm³/mol. The molecule has 0 radical (unpaired) electrons. The van der Waals surface area contributed by atoms with Gasteiger partial charge in [0.2, 0.25) is 15.9 Å². The van der Waals surface area contributed by atoms with Crippen LogP contribution in [0.15, 0.2) is 23.1 Å². The van der Waals surface area contributed by atoms with Crippen molar-refractivity contribution >= 4 is 21.6 Å². The van der Waals surface area contributed by atoms with Gasteiger partial charge >= 0.3 is 0 Å². The number of sulfonamides is 1. The van der Waals surface area contributed by atoms with Crippen LogP contribution >= 0.6 is 0 Å². The van der Waals surface area contributed by atoms with Crippen molar-refractivity contribution in [1.82, 2.24) is 4.72 Å². The second-order valence-electron chi connectivity index (χ2n) is 5.70. The Bertz CT molecular complexity index is 665. The molecule has 0 unspecified atom stereocenters. The lowest BCUT2D eigenvalue weighted by Gasteiger charge is -2.17. The molecule has 1 aromatic rings. The number of hydrogen-bond donors (Lipinski definition) is 1. The second-order valence-corrected chi connectivity index (χ2v) is 7.47. The third kappa shape index (κ3) is 2.82. The highest BCUT2D eigenvalue weighted by Gasteiger charge is 2.36. The quantitative estimate of drug-likeness (QED) is 0.900. The van der Waals surface area contributed by atoms with Crippen molar-refractivity contribution in [3.8, 4) is 0 Å². The van der Waals surface area contributed by atoms with Crippen LogP contribution in [0.3, 0.4) is 0 Å². The van der Waals surface area contributed by atoms with Gasteiger partial charge in [-0.05, 0) is 49.4 Å². The minimum atomic E-state index is -3.44. The van der Waals surface area contributed by atoms with E-state index in [-0.39, 0.29) is 16.7 Å². The fourth-order valence-electron chi connectivity index (χ4n) is 2.64. The molecule has 1 fully saturated rings. The molecule has 114 valence electrons. The molecule has 0 atom stereocenters. The van der Waals surface area contributed by atoms with Crippen molar-refractivity contribution in [3.63, 3.8) is 0 Å². The van der Waals surface area contributed by atoms with Crippen molar-refractivity contribution in [2.24, 2.45) is 5.92 Å². The lowest BCUT2D eigenvalue weighted by Crippen LogP contribution is -2.30. The molecule has 0 aromatic heterocycles. The minimum absolute atomic E-state index is 0.186. The Labute approximate surface area is 125 Å². The number of hydrogen-bond acceptors (Lipinski definition) is 3. The maximum Gasteiger partial charge on any atom is 0.240 e. The summed E-state index contributed by atoms with van der Waals surface area (Å²) in [5.74, 6) is 0.374. The standard InChI is InChI=1S/C15H20N2O3S/c1-2-8-16-21(19,20)13-5-6-14-12(10-13)7-9-17(14)15(18)11-3-4-11/h5-6,10-11,16H,2-4,7-9H2,1H3. The summed E-state index contributed by atoms with van der Waals surface area (Å²) in [4.78, 5) is 14.3. The third-order valence-electron chi connectivity index (χ3n) is 3.99. The Balaban J connectivity index is 1.84. The second kappa shape index (κ2) is 5.42. The number of nitrogens with zero attached hydrogens (tertiary/aromatic N) is 1. The largest absolute Gasteiger partial charge is 0.312 e. The minimum Gasteiger partial charge on any atom is -0.312 e. The molecule has 0 spiro atoms. The highest BCUT2D eigenvalue weighted by molar-refractivity contribution is 7.89. The van der Waals surface area contributed by atoms with E-state index in [4.69, 9.17) is 0 Å². The summed E-state index contributed by atoms with van der Waals surface area (Å²) < 4.78 is 26.8. The average molecular weight is 308 g/mol. The van der Waals surface area contributed by atoms with Crippen LogP contribution < -0.4 is 9.62 Å². The lowest BCUT2D eigenvalue weighted by molar-refractivity contribution is -0.119. The van der Waals surface area contributed by atoms with E-state index < -0.39 is 10.0 Å². The van der Waals surface area contributed by atoms with Gasteiger partial charge in [-0.25, -0.2) is 13.1 Å². The molecule has 1 amide bonds. The van der Waals surface area contributed by atoms with Crippen LogP contribution in [0.25, 0.3) is 0 Å². The SMILES string of the molecule is CCCNS(=O)(=O)c1ccc2c(c1)CCN2C(=O)C1CC1. The van der Waals surface area contributed by atoms with Crippen molar-refractivity contribution < 1.29 is 13.2 Å². The van der Waals surface area contributed by atoms with Crippen LogP contribution in [0.2, 0.25) is 0 Å². The van der Waals surface area contributed by atoms with Gasteiger partial charge in [-0.3, -0.25) is 4.79 Å². The fraction of sp³-hybridized carbons (Fsp3) is 0.533. The molecule has 1 heterocycles. The number of amides is 1. The number of carbonyl (C=O) groups excluding carboxylic acids is 1. The first-order valence-electron chi connectivity index (χ1n) is 7.47. The van der Waals surface area contributed by atoms with Gasteiger partial charge in [0.15, 0.2) is 0 Å². The highest BCUT2D eigenvalue weighted by atomic mass is 32.2. The zero-order valence-corrected chi connectivity index (χ0v) is 12.9. The topological polar surface area (TPSA) is 66.5 Å². The molecular weight excluding hydrogens is 288 g/mol. The first kappa shape index (κ1) is 14.5. The third-order valence-corrected chi connectivity index (χ3v) is 5.45. The summed E-state index contributed by atoms with van der Waals surface area (Å²) in [5, 5.41) is 0. The van der Waals surface area contributed by atoms with Gasteiger partial charge in [-0.1, -0.05) is 6.92 Å². The van der Waals surface area contributed by atoms with Crippen molar-refractivity contribution in [2.75, 3.05) is 18.0 Å². The number of fused-ring (bicyclic) bond motifs is 1. The molecule has 1 aromatic carbocycles. The Morgan fingerprint density at radius 2 is 2.14 bits per heavy atom. The zero-order chi connectivity index (χ0) is 15.0. The molecule has 1 saturated carbocycles. The Morgan fingerprint density at radius 3 is 2.81 bits per heavy atom. The molecule has 3 rings (SSSR count). The van der Waals surface area contributed by atoms with Gasteiger partial charge in [0.1, 0.15) is 0 Å². The fourth-order valence-corrected chi connectivity index (χ4v) is 3.83. The smallest absolute Gasteiger partial charge is 0.240 e. The Hall–Kier alpha value is -1.40. The molecule has 1 aliphatic carbocycles. The summed E-state index contributed by atoms with van der Waals surface area (Å²) in [6.45, 7) is 3.02. The van der Waals surface area contributed by atoms with Crippen LogP contribution in [0.4, 0.5) is 5.69 Å². The van der Waals surface area contributed by atoms with Crippen molar-refractivity contribution in [3.05, 3.63) is 23.8 Å². The maximum absolute atomic E-state index is 12.2. The van der Waals surface area contributed by atoms with Crippen LogP contribution in [-0.4, -0.2) is 27.4 Å². The van der Waals surface area contributed by atoms with E-state index in [2.05, 4.69) is 4.72 Å². The molecule has 5 nitrogen and oxygen atoms in total. The molecule has 1 aliphatic heterocycles. The van der Waals surface area contributed by atoms with E-state index in [1.807, 2.05) is 11.8 Å². The van der Waals surface area contributed by atoms with Gasteiger partial charge in [0.25, 0.3) is 0 Å². The van der Waals surface area contributed by atoms with Crippen LogP contribution in [0.1, 0.15) is 31.7 Å². The predicted octanol–water partition coefficient (Wildman–Crippen LogP) is 1.67. The van der Waals surface area contributed by atoms with Crippen LogP contribution in [-0.2, 0) is 21.2 Å². The van der Waals surface area contributed by atoms with Gasteiger partial charge in [0.05, 0.1) is 4.90 Å². The maximum atomic E-state index is 12.2. The number of anilines is 1. The number of benzene rings is 1. The molecule has 6 heteroatoms. The normalized spacial score (nSPS) is 17.9. The van der Waals surface area contributed by atoms with Gasteiger partial charge in [-0.15, -0.1) is 0 Å². The monoisotopic (exact) mass is 308 g/mol. The van der Waals surface area contributed by atoms with E-state index in [0.29, 0.717) is 13.1 Å². The van der Waals surface area contributed by atoms with Crippen LogP contribution in [0.5, 0.6) is 0 Å². The summed E-state index contributed by atoms with van der Waals surface area (Å²) in [6.07, 6.45) is 3.45. The summed E-state index contributed by atoms with van der Waals surface area (Å²) in [7, 11) is -3.44. The van der Waals surface area contributed by atoms with Crippen LogP contribution in [0, 0.1) is 5.92 Å². The van der Waals surface area contributed by atoms with Crippen molar-refractivity contribution in [2.45, 2.75) is 37.5 Å². The number of rotatable bonds is 5. The summed E-state index contributed by atoms with van der Waals surface area (Å²) in [5.41, 5.74) is 1.82.